The standard InChI is InChI=1S/C11H13N3O2/c1-7(12)10-5-9(14-16-10)8-3-4-11(15-2)13-6-8/h3-7H,12H2,1-2H3. The van der Waals surface area contributed by atoms with Gasteiger partial charge in [0.05, 0.1) is 13.2 Å². The van der Waals surface area contributed by atoms with E-state index in [4.69, 9.17) is 15.0 Å². The number of hydrogen-bond donors (Lipinski definition) is 1. The number of nitrogens with two attached hydrogens (primary N) is 1. The number of nitrogens with zero attached hydrogens (tertiary/aromatic N) is 2. The summed E-state index contributed by atoms with van der Waals surface area (Å²) >= 11 is 0. The van der Waals surface area contributed by atoms with Crippen LogP contribution in [0.2, 0.25) is 0 Å². The average Bonchev–Trinajstić information content (AvgIpc) is 2.78. The second-order valence-corrected chi connectivity index (χ2v) is 3.49. The van der Waals surface area contributed by atoms with Crippen molar-refractivity contribution >= 4 is 0 Å². The molecule has 2 aromatic heterocycles. The van der Waals surface area contributed by atoms with Gasteiger partial charge in [0.1, 0.15) is 5.69 Å². The summed E-state index contributed by atoms with van der Waals surface area (Å²) in [7, 11) is 1.58. The van der Waals surface area contributed by atoms with Crippen LogP contribution in [0.4, 0.5) is 0 Å². The quantitative estimate of drug-likeness (QED) is 0.851. The molecule has 0 spiro atoms. The molecule has 1 atom stereocenters. The van der Waals surface area contributed by atoms with Crippen LogP contribution in [-0.4, -0.2) is 17.3 Å². The highest BCUT2D eigenvalue weighted by atomic mass is 16.5. The van der Waals surface area contributed by atoms with Crippen molar-refractivity contribution in [3.8, 4) is 17.1 Å². The first kappa shape index (κ1) is 10.6. The van der Waals surface area contributed by atoms with E-state index in [2.05, 4.69) is 10.1 Å². The molecule has 0 saturated heterocycles. The Hall–Kier alpha value is -1.88. The van der Waals surface area contributed by atoms with Crippen LogP contribution in [-0.2, 0) is 0 Å². The number of aromatic nitrogens is 2. The maximum absolute atomic E-state index is 5.68. The molecule has 2 N–H and O–H groups in total. The van der Waals surface area contributed by atoms with Crippen molar-refractivity contribution in [2.45, 2.75) is 13.0 Å². The molecule has 0 radical (unpaired) electrons. The van der Waals surface area contributed by atoms with Gasteiger partial charge in [-0.05, 0) is 13.0 Å². The first-order valence-corrected chi connectivity index (χ1v) is 4.93. The predicted molar refractivity (Wildman–Crippen MR) is 58.9 cm³/mol. The van der Waals surface area contributed by atoms with Gasteiger partial charge in [0, 0.05) is 23.9 Å². The molecule has 0 fully saturated rings. The third-order valence-electron chi connectivity index (χ3n) is 2.22. The summed E-state index contributed by atoms with van der Waals surface area (Å²) in [5.74, 6) is 1.23. The van der Waals surface area contributed by atoms with E-state index in [1.807, 2.05) is 19.1 Å². The van der Waals surface area contributed by atoms with Crippen LogP contribution in [0.1, 0.15) is 18.7 Å². The zero-order valence-corrected chi connectivity index (χ0v) is 9.18. The molecule has 0 bridgehead atoms. The van der Waals surface area contributed by atoms with Crippen molar-refractivity contribution in [3.63, 3.8) is 0 Å². The van der Waals surface area contributed by atoms with Crippen LogP contribution in [0, 0.1) is 0 Å². The number of ether oxygens (including phenoxy) is 1. The second-order valence-electron chi connectivity index (χ2n) is 3.49. The summed E-state index contributed by atoms with van der Waals surface area (Å²) < 4.78 is 10.1. The number of rotatable bonds is 3. The van der Waals surface area contributed by atoms with E-state index >= 15 is 0 Å². The molecule has 0 aliphatic carbocycles. The van der Waals surface area contributed by atoms with Gasteiger partial charge >= 0.3 is 0 Å². The summed E-state index contributed by atoms with van der Waals surface area (Å²) in [6.07, 6.45) is 1.68. The Labute approximate surface area is 93.2 Å². The lowest BCUT2D eigenvalue weighted by molar-refractivity contribution is 0.369. The Balaban J connectivity index is 2.28. The number of methoxy groups -OCH3 is 1. The predicted octanol–water partition coefficient (Wildman–Crippen LogP) is 1.76. The number of hydrogen-bond acceptors (Lipinski definition) is 5. The molecule has 2 heterocycles. The molecule has 2 rings (SSSR count). The molecular formula is C11H13N3O2. The first-order valence-electron chi connectivity index (χ1n) is 4.93. The molecule has 84 valence electrons. The second kappa shape index (κ2) is 4.32. The third kappa shape index (κ3) is 2.04. The maximum Gasteiger partial charge on any atom is 0.212 e. The molecule has 0 saturated carbocycles. The molecule has 2 aromatic rings. The van der Waals surface area contributed by atoms with Crippen LogP contribution >= 0.6 is 0 Å². The van der Waals surface area contributed by atoms with Crippen molar-refractivity contribution < 1.29 is 9.26 Å². The molecule has 5 nitrogen and oxygen atoms in total. The van der Waals surface area contributed by atoms with E-state index in [9.17, 15) is 0 Å². The molecule has 0 amide bonds. The van der Waals surface area contributed by atoms with Gasteiger partial charge in [-0.1, -0.05) is 5.16 Å². The molecule has 16 heavy (non-hydrogen) atoms. The monoisotopic (exact) mass is 219 g/mol. The van der Waals surface area contributed by atoms with E-state index in [0.717, 1.165) is 11.3 Å². The smallest absolute Gasteiger partial charge is 0.212 e. The first-order chi connectivity index (χ1) is 7.70. The lowest BCUT2D eigenvalue weighted by Crippen LogP contribution is -2.02. The minimum Gasteiger partial charge on any atom is -0.481 e. The lowest BCUT2D eigenvalue weighted by atomic mass is 10.2. The van der Waals surface area contributed by atoms with E-state index in [0.29, 0.717) is 11.6 Å². The Bertz CT molecular complexity index is 462. The SMILES string of the molecule is COc1ccc(-c2cc(C(C)N)on2)cn1. The van der Waals surface area contributed by atoms with Gasteiger partial charge in [-0.2, -0.15) is 0 Å². The van der Waals surface area contributed by atoms with Crippen molar-refractivity contribution in [1.82, 2.24) is 10.1 Å². The van der Waals surface area contributed by atoms with Gasteiger partial charge in [-0.15, -0.1) is 0 Å². The van der Waals surface area contributed by atoms with Crippen LogP contribution in [0.15, 0.2) is 28.9 Å². The molecule has 5 heteroatoms. The summed E-state index contributed by atoms with van der Waals surface area (Å²) in [6, 6.07) is 5.30. The van der Waals surface area contributed by atoms with Crippen LogP contribution < -0.4 is 10.5 Å². The van der Waals surface area contributed by atoms with Crippen molar-refractivity contribution in [3.05, 3.63) is 30.2 Å². The van der Waals surface area contributed by atoms with Crippen molar-refractivity contribution in [2.75, 3.05) is 7.11 Å². The Morgan fingerprint density at radius 2 is 2.25 bits per heavy atom. The average molecular weight is 219 g/mol. The summed E-state index contributed by atoms with van der Waals surface area (Å²) in [5.41, 5.74) is 7.28. The Kier molecular flexibility index (Phi) is 2.87. The summed E-state index contributed by atoms with van der Waals surface area (Å²) in [5, 5.41) is 3.93. The minimum absolute atomic E-state index is 0.160. The lowest BCUT2D eigenvalue weighted by Gasteiger charge is -1.98. The Morgan fingerprint density at radius 3 is 2.75 bits per heavy atom. The van der Waals surface area contributed by atoms with Gasteiger partial charge in [0.15, 0.2) is 5.76 Å². The molecule has 1 unspecified atom stereocenters. The normalized spacial score (nSPS) is 12.4. The fourth-order valence-corrected chi connectivity index (χ4v) is 1.29. The molecular weight excluding hydrogens is 206 g/mol. The van der Waals surface area contributed by atoms with Crippen LogP contribution in [0.25, 0.3) is 11.3 Å². The molecule has 0 aromatic carbocycles. The van der Waals surface area contributed by atoms with E-state index in [1.165, 1.54) is 0 Å². The highest BCUT2D eigenvalue weighted by Crippen LogP contribution is 2.22. The number of pyridine rings is 1. The third-order valence-corrected chi connectivity index (χ3v) is 2.22. The highest BCUT2D eigenvalue weighted by Gasteiger charge is 2.09. The zero-order valence-electron chi connectivity index (χ0n) is 9.18. The van der Waals surface area contributed by atoms with Gasteiger partial charge in [-0.25, -0.2) is 4.98 Å². The maximum atomic E-state index is 5.68. The largest absolute Gasteiger partial charge is 0.481 e. The van der Waals surface area contributed by atoms with Crippen molar-refractivity contribution in [2.24, 2.45) is 5.73 Å². The Morgan fingerprint density at radius 1 is 1.44 bits per heavy atom. The van der Waals surface area contributed by atoms with Crippen molar-refractivity contribution in [1.29, 1.82) is 0 Å². The van der Waals surface area contributed by atoms with Gasteiger partial charge in [-0.3, -0.25) is 0 Å². The molecule has 0 aliphatic rings. The summed E-state index contributed by atoms with van der Waals surface area (Å²) in [4.78, 5) is 4.09. The zero-order chi connectivity index (χ0) is 11.5. The fourth-order valence-electron chi connectivity index (χ4n) is 1.29. The highest BCUT2D eigenvalue weighted by molar-refractivity contribution is 5.58. The van der Waals surface area contributed by atoms with E-state index in [-0.39, 0.29) is 6.04 Å². The topological polar surface area (TPSA) is 74.2 Å². The van der Waals surface area contributed by atoms with Crippen LogP contribution in [0.3, 0.4) is 0 Å². The van der Waals surface area contributed by atoms with Crippen LogP contribution in [0.5, 0.6) is 5.88 Å². The molecule has 0 aliphatic heterocycles. The summed E-state index contributed by atoms with van der Waals surface area (Å²) in [6.45, 7) is 1.84. The fraction of sp³-hybridized carbons (Fsp3) is 0.273. The van der Waals surface area contributed by atoms with Gasteiger partial charge in [0.25, 0.3) is 0 Å². The van der Waals surface area contributed by atoms with E-state index < -0.39 is 0 Å². The minimum atomic E-state index is -0.160. The van der Waals surface area contributed by atoms with Gasteiger partial charge < -0.3 is 15.0 Å². The van der Waals surface area contributed by atoms with Gasteiger partial charge in [0.2, 0.25) is 5.88 Å². The van der Waals surface area contributed by atoms with E-state index in [1.54, 1.807) is 19.4 Å².